The number of carbonyl (C=O) groups is 2. The molecule has 3 aliphatic rings. The third kappa shape index (κ3) is 5.23. The Morgan fingerprint density at radius 1 is 1.31 bits per heavy atom. The van der Waals surface area contributed by atoms with E-state index in [2.05, 4.69) is 30.6 Å². The van der Waals surface area contributed by atoms with Gasteiger partial charge >= 0.3 is 5.97 Å². The molecule has 7 nitrogen and oxygen atoms in total. The van der Waals surface area contributed by atoms with Crippen molar-refractivity contribution in [2.45, 2.75) is 57.1 Å². The number of aromatic carboxylic acids is 1. The zero-order chi connectivity index (χ0) is 25.4. The molecule has 5 atom stereocenters. The number of carboxylic acid groups (broad SMARTS) is 1. The fraction of sp³-hybridized carbons (Fsp3) is 0.423. The fourth-order valence-electron chi connectivity index (χ4n) is 4.76. The molecular formula is C26H31N3O4S2. The molecule has 1 amide bonds. The lowest BCUT2D eigenvalue weighted by Crippen LogP contribution is -2.61. The summed E-state index contributed by atoms with van der Waals surface area (Å²) in [4.78, 5) is 30.3. The minimum absolute atomic E-state index is 0.0356. The molecule has 0 bridgehead atoms. The lowest BCUT2D eigenvalue weighted by Gasteiger charge is -2.45. The zero-order valence-electron chi connectivity index (χ0n) is 20.5. The van der Waals surface area contributed by atoms with Crippen LogP contribution in [0.5, 0.6) is 0 Å². The number of thioether (sulfide) groups is 1. The Morgan fingerprint density at radius 3 is 2.66 bits per heavy atom. The molecule has 9 heteroatoms. The maximum atomic E-state index is 12.1. The van der Waals surface area contributed by atoms with Crippen molar-refractivity contribution < 1.29 is 19.8 Å². The number of amides is 1. The smallest absolute Gasteiger partial charge is 0.335 e. The molecule has 4 heterocycles. The first-order valence-corrected chi connectivity index (χ1v) is 13.4. The number of fused-ring (bicyclic) bond motifs is 1. The van der Waals surface area contributed by atoms with E-state index < -0.39 is 12.1 Å². The number of hydrogen-bond donors (Lipinski definition) is 3. The first kappa shape index (κ1) is 25.6. The second-order valence-electron chi connectivity index (χ2n) is 9.41. The van der Waals surface area contributed by atoms with Gasteiger partial charge in [0.1, 0.15) is 0 Å². The van der Waals surface area contributed by atoms with Crippen molar-refractivity contribution in [3.8, 4) is 0 Å². The zero-order valence-corrected chi connectivity index (χ0v) is 22.1. The number of aliphatic hydroxyl groups is 1. The number of nitrogens with one attached hydrogen (secondary N) is 1. The lowest BCUT2D eigenvalue weighted by molar-refractivity contribution is -0.158. The Bertz CT molecular complexity index is 1200. The molecule has 5 rings (SSSR count). The Labute approximate surface area is 214 Å². The van der Waals surface area contributed by atoms with E-state index in [0.29, 0.717) is 11.6 Å². The predicted molar refractivity (Wildman–Crippen MR) is 139 cm³/mol. The average molecular weight is 514 g/mol. The van der Waals surface area contributed by atoms with Crippen LogP contribution in [-0.2, 0) is 4.79 Å². The predicted octanol–water partition coefficient (Wildman–Crippen LogP) is 4.31. The third-order valence-corrected chi connectivity index (χ3v) is 8.82. The average Bonchev–Trinajstić information content (AvgIpc) is 3.48. The van der Waals surface area contributed by atoms with E-state index in [0.717, 1.165) is 32.6 Å². The van der Waals surface area contributed by atoms with Crippen LogP contribution in [0.15, 0.2) is 45.1 Å². The van der Waals surface area contributed by atoms with Crippen LogP contribution >= 0.6 is 23.1 Å². The summed E-state index contributed by atoms with van der Waals surface area (Å²) in [5.74, 6) is -0.847. The van der Waals surface area contributed by atoms with Crippen LogP contribution in [0.4, 0.5) is 0 Å². The van der Waals surface area contributed by atoms with Gasteiger partial charge < -0.3 is 20.4 Å². The number of nitrogens with zero attached hydrogens (tertiary/aromatic N) is 2. The van der Waals surface area contributed by atoms with Crippen molar-refractivity contribution in [1.29, 1.82) is 0 Å². The van der Waals surface area contributed by atoms with E-state index in [1.165, 1.54) is 5.57 Å². The number of hydrogen-bond acceptors (Lipinski definition) is 7. The topological polar surface area (TPSA) is 103 Å². The van der Waals surface area contributed by atoms with E-state index in [4.69, 9.17) is 10.1 Å². The van der Waals surface area contributed by atoms with Gasteiger partial charge in [0.15, 0.2) is 4.34 Å². The molecule has 1 fully saturated rings. The van der Waals surface area contributed by atoms with Gasteiger partial charge in [-0.25, -0.2) is 9.78 Å². The van der Waals surface area contributed by atoms with Gasteiger partial charge in [-0.05, 0) is 44.9 Å². The molecule has 1 aromatic carbocycles. The second kappa shape index (κ2) is 10.3. The molecule has 1 saturated heterocycles. The minimum atomic E-state index is -0.859. The maximum absolute atomic E-state index is 12.1. The first-order chi connectivity index (χ1) is 16.6. The summed E-state index contributed by atoms with van der Waals surface area (Å²) in [7, 11) is 0. The van der Waals surface area contributed by atoms with Gasteiger partial charge in [0.05, 0.1) is 29.3 Å². The fourth-order valence-corrected chi connectivity index (χ4v) is 6.79. The van der Waals surface area contributed by atoms with Crippen LogP contribution in [0.1, 0.15) is 48.0 Å². The van der Waals surface area contributed by atoms with Crippen LogP contribution in [-0.4, -0.2) is 56.7 Å². The van der Waals surface area contributed by atoms with Crippen molar-refractivity contribution in [1.82, 2.24) is 15.2 Å². The second-order valence-corrected chi connectivity index (χ2v) is 11.6. The Morgan fingerprint density at radius 2 is 2.06 bits per heavy atom. The summed E-state index contributed by atoms with van der Waals surface area (Å²) in [5, 5.41) is 24.0. The highest BCUT2D eigenvalue weighted by Gasteiger charge is 2.55. The Kier molecular flexibility index (Phi) is 7.51. The quantitative estimate of drug-likeness (QED) is 0.512. The molecule has 0 unspecified atom stereocenters. The van der Waals surface area contributed by atoms with Crippen molar-refractivity contribution >= 4 is 40.5 Å². The number of benzene rings is 1. The summed E-state index contributed by atoms with van der Waals surface area (Å²) >= 11 is 3.30. The molecule has 3 aliphatic heterocycles. The van der Waals surface area contributed by atoms with Crippen molar-refractivity contribution in [3.63, 3.8) is 0 Å². The molecular weight excluding hydrogens is 482 g/mol. The minimum Gasteiger partial charge on any atom is -0.478 e. The summed E-state index contributed by atoms with van der Waals surface area (Å²) < 4.78 is 1.01. The molecule has 35 heavy (non-hydrogen) atoms. The molecule has 0 spiro atoms. The van der Waals surface area contributed by atoms with Crippen molar-refractivity contribution in [3.05, 3.63) is 63.1 Å². The normalized spacial score (nSPS) is 25.8. The van der Waals surface area contributed by atoms with Gasteiger partial charge in [-0.3, -0.25) is 4.79 Å². The van der Waals surface area contributed by atoms with Crippen LogP contribution in [0.2, 0.25) is 0 Å². The van der Waals surface area contributed by atoms with E-state index >= 15 is 0 Å². The standard InChI is InChI=1S/C17H21N3O2S2.C9H10O2/c1-8-4-11(5-18-8)12-7-23-17(19-12)24-13-6-20-15(9(13)2)14(10(3)21)16(20)22;1-6-3-4-8(9(10)11)7(2)5-6/h4,6-10,14-15,18,21H,5H2,1-3H3;3-5H,1-2H3,(H,10,11)/t8-,9-,10+,14+,15+;/m0./s1. The van der Waals surface area contributed by atoms with E-state index in [9.17, 15) is 14.7 Å². The number of aliphatic hydroxyl groups excluding tert-OH is 1. The number of carboxylic acids is 1. The number of carbonyl (C=O) groups excluding carboxylic acids is 1. The molecule has 0 saturated carbocycles. The molecule has 186 valence electrons. The van der Waals surface area contributed by atoms with Crippen molar-refractivity contribution in [2.75, 3.05) is 6.54 Å². The third-order valence-electron chi connectivity index (χ3n) is 6.67. The van der Waals surface area contributed by atoms with E-state index in [1.807, 2.05) is 19.2 Å². The SMILES string of the molecule is C[C@H]1C=C(c2csc(SC3=CN4C(=O)[C@H]([C@@H](C)O)[C@H]4[C@H]3C)n2)CN1.Cc1ccc(C(=O)O)c(C)c1. The van der Waals surface area contributed by atoms with Crippen LogP contribution in [0.25, 0.3) is 5.57 Å². The highest BCUT2D eigenvalue weighted by atomic mass is 32.2. The van der Waals surface area contributed by atoms with E-state index in [1.54, 1.807) is 54.0 Å². The highest BCUT2D eigenvalue weighted by molar-refractivity contribution is 8.04. The van der Waals surface area contributed by atoms with Gasteiger partial charge in [-0.1, -0.05) is 42.5 Å². The maximum Gasteiger partial charge on any atom is 0.335 e. The van der Waals surface area contributed by atoms with Crippen LogP contribution in [0, 0.1) is 25.7 Å². The van der Waals surface area contributed by atoms with Crippen LogP contribution < -0.4 is 5.32 Å². The Balaban J connectivity index is 0.000000221. The number of β-lactam (4-membered cyclic amide) rings is 1. The van der Waals surface area contributed by atoms with E-state index in [-0.39, 0.29) is 23.8 Å². The van der Waals surface area contributed by atoms with Gasteiger partial charge in [0, 0.05) is 35.0 Å². The lowest BCUT2D eigenvalue weighted by atomic mass is 9.79. The molecule has 0 aliphatic carbocycles. The van der Waals surface area contributed by atoms with Crippen molar-refractivity contribution in [2.24, 2.45) is 11.8 Å². The summed E-state index contributed by atoms with van der Waals surface area (Å²) in [6, 6.07) is 5.80. The van der Waals surface area contributed by atoms with Gasteiger partial charge in [0.2, 0.25) is 5.91 Å². The number of thiazole rings is 1. The summed E-state index contributed by atoms with van der Waals surface area (Å²) in [6.45, 7) is 10.6. The number of rotatable bonds is 5. The van der Waals surface area contributed by atoms with Gasteiger partial charge in [0.25, 0.3) is 0 Å². The molecule has 0 radical (unpaired) electrons. The monoisotopic (exact) mass is 513 g/mol. The first-order valence-electron chi connectivity index (χ1n) is 11.7. The van der Waals surface area contributed by atoms with Gasteiger partial charge in [-0.2, -0.15) is 0 Å². The molecule has 3 N–H and O–H groups in total. The van der Waals surface area contributed by atoms with Gasteiger partial charge in [-0.15, -0.1) is 11.3 Å². The highest BCUT2D eigenvalue weighted by Crippen LogP contribution is 2.48. The molecule has 2 aromatic rings. The summed E-state index contributed by atoms with van der Waals surface area (Å²) in [5.41, 5.74) is 4.60. The molecule has 1 aromatic heterocycles. The summed E-state index contributed by atoms with van der Waals surface area (Å²) in [6.07, 6.45) is 3.58. The largest absolute Gasteiger partial charge is 0.478 e. The number of aromatic nitrogens is 1. The Hall–Kier alpha value is -2.46. The number of aryl methyl sites for hydroxylation is 2. The van der Waals surface area contributed by atoms with Crippen LogP contribution in [0.3, 0.4) is 0 Å².